The highest BCUT2D eigenvalue weighted by Gasteiger charge is 2.59. The van der Waals surface area contributed by atoms with E-state index in [4.69, 9.17) is 10.7 Å². The predicted molar refractivity (Wildman–Crippen MR) is 90.7 cm³/mol. The Labute approximate surface area is 130 Å². The summed E-state index contributed by atoms with van der Waals surface area (Å²) in [6, 6.07) is 6.47. The van der Waals surface area contributed by atoms with Crippen molar-refractivity contribution in [1.29, 1.82) is 0 Å². The van der Waals surface area contributed by atoms with Crippen LogP contribution in [-0.4, -0.2) is 11.0 Å². The van der Waals surface area contributed by atoms with Crippen molar-refractivity contribution in [3.8, 4) is 0 Å². The van der Waals surface area contributed by atoms with Crippen molar-refractivity contribution in [1.82, 2.24) is 4.98 Å². The first-order chi connectivity index (χ1) is 9.88. The van der Waals surface area contributed by atoms with Gasteiger partial charge in [0.25, 0.3) is 0 Å². The molecule has 1 aromatic carbocycles. The second-order valence-electron chi connectivity index (χ2n) is 7.74. The minimum atomic E-state index is 0.351. The molecule has 4 rings (SSSR count). The number of fused-ring (bicyclic) bond motifs is 3. The van der Waals surface area contributed by atoms with Crippen LogP contribution in [0.4, 0.5) is 10.8 Å². The van der Waals surface area contributed by atoms with E-state index in [1.165, 1.54) is 24.0 Å². The molecule has 112 valence electrons. The lowest BCUT2D eigenvalue weighted by Gasteiger charge is -2.43. The number of thiazole rings is 1. The van der Waals surface area contributed by atoms with E-state index in [0.717, 1.165) is 22.3 Å². The second-order valence-corrected chi connectivity index (χ2v) is 8.77. The first kappa shape index (κ1) is 13.4. The number of aromatic nitrogens is 1. The molecule has 0 spiro atoms. The van der Waals surface area contributed by atoms with Gasteiger partial charge in [0.15, 0.2) is 5.13 Å². The number of hydrogen-bond donors (Lipinski definition) is 2. The summed E-state index contributed by atoms with van der Waals surface area (Å²) >= 11 is 1.72. The van der Waals surface area contributed by atoms with E-state index in [1.807, 2.05) is 18.2 Å². The van der Waals surface area contributed by atoms with Crippen molar-refractivity contribution < 1.29 is 0 Å². The molecule has 3 unspecified atom stereocenters. The van der Waals surface area contributed by atoms with Crippen molar-refractivity contribution in [2.24, 2.45) is 16.7 Å². The van der Waals surface area contributed by atoms with Crippen LogP contribution in [0.25, 0.3) is 10.2 Å². The summed E-state index contributed by atoms with van der Waals surface area (Å²) < 4.78 is 1.17. The van der Waals surface area contributed by atoms with Gasteiger partial charge in [0.2, 0.25) is 0 Å². The Balaban J connectivity index is 1.68. The fraction of sp³-hybridized carbons (Fsp3) is 0.588. The third-order valence-corrected chi connectivity index (χ3v) is 6.90. The molecule has 3 N–H and O–H groups in total. The van der Waals surface area contributed by atoms with Crippen LogP contribution < -0.4 is 11.1 Å². The summed E-state index contributed by atoms with van der Waals surface area (Å²) in [6.45, 7) is 7.29. The fourth-order valence-corrected chi connectivity index (χ4v) is 5.73. The number of nitrogen functional groups attached to an aromatic ring is 1. The standard InChI is InChI=1S/C17H23N3S/c1-16(2)10-6-7-17(3,9-10)14(16)20-15-19-12-5-4-11(18)8-13(12)21-15/h4-5,8,10,14H,6-7,9,18H2,1-3H3,(H,19,20). The number of nitrogens with one attached hydrogen (secondary N) is 1. The lowest BCUT2D eigenvalue weighted by molar-refractivity contribution is 0.155. The van der Waals surface area contributed by atoms with Crippen LogP contribution in [0.1, 0.15) is 40.0 Å². The molecule has 2 aliphatic carbocycles. The number of nitrogens with zero attached hydrogens (tertiary/aromatic N) is 1. The van der Waals surface area contributed by atoms with Crippen LogP contribution >= 0.6 is 11.3 Å². The largest absolute Gasteiger partial charge is 0.399 e. The Morgan fingerprint density at radius 1 is 1.33 bits per heavy atom. The van der Waals surface area contributed by atoms with Gasteiger partial charge in [-0.15, -0.1) is 0 Å². The molecule has 4 heteroatoms. The Hall–Kier alpha value is -1.29. The Kier molecular flexibility index (Phi) is 2.63. The van der Waals surface area contributed by atoms with Crippen LogP contribution in [0.5, 0.6) is 0 Å². The molecule has 2 bridgehead atoms. The van der Waals surface area contributed by atoms with Gasteiger partial charge in [0, 0.05) is 11.7 Å². The van der Waals surface area contributed by atoms with Gasteiger partial charge in [-0.3, -0.25) is 0 Å². The molecule has 0 radical (unpaired) electrons. The number of benzene rings is 1. The molecule has 2 aromatic rings. The minimum Gasteiger partial charge on any atom is -0.399 e. The SMILES string of the molecule is CC12CCC(C1)C(C)(C)C2Nc1nc2ccc(N)cc2s1. The second kappa shape index (κ2) is 4.13. The van der Waals surface area contributed by atoms with E-state index >= 15 is 0 Å². The lowest BCUT2D eigenvalue weighted by Crippen LogP contribution is -2.45. The van der Waals surface area contributed by atoms with Crippen molar-refractivity contribution in [3.63, 3.8) is 0 Å². The topological polar surface area (TPSA) is 50.9 Å². The minimum absolute atomic E-state index is 0.351. The molecule has 1 heterocycles. The summed E-state index contributed by atoms with van der Waals surface area (Å²) in [5.74, 6) is 0.852. The first-order valence-corrected chi connectivity index (χ1v) is 8.63. The van der Waals surface area contributed by atoms with Crippen molar-refractivity contribution in [2.45, 2.75) is 46.1 Å². The zero-order valence-corrected chi connectivity index (χ0v) is 13.8. The van der Waals surface area contributed by atoms with Gasteiger partial charge in [-0.2, -0.15) is 0 Å². The molecular weight excluding hydrogens is 278 g/mol. The normalized spacial score (nSPS) is 33.7. The van der Waals surface area contributed by atoms with Gasteiger partial charge in [-0.25, -0.2) is 4.98 Å². The van der Waals surface area contributed by atoms with Gasteiger partial charge >= 0.3 is 0 Å². The summed E-state index contributed by atoms with van der Waals surface area (Å²) in [5, 5.41) is 4.82. The number of anilines is 2. The van der Waals surface area contributed by atoms with E-state index in [2.05, 4.69) is 26.1 Å². The van der Waals surface area contributed by atoms with Crippen LogP contribution in [0.2, 0.25) is 0 Å². The molecule has 3 nitrogen and oxygen atoms in total. The van der Waals surface area contributed by atoms with E-state index in [-0.39, 0.29) is 0 Å². The predicted octanol–water partition coefficient (Wildman–Crippen LogP) is 4.51. The smallest absolute Gasteiger partial charge is 0.184 e. The molecule has 1 aromatic heterocycles. The van der Waals surface area contributed by atoms with Gasteiger partial charge in [0.1, 0.15) is 0 Å². The summed E-state index contributed by atoms with van der Waals surface area (Å²) in [4.78, 5) is 4.75. The molecule has 0 aliphatic heterocycles. The molecule has 3 atom stereocenters. The molecule has 2 saturated carbocycles. The van der Waals surface area contributed by atoms with Gasteiger partial charge in [0.05, 0.1) is 10.2 Å². The lowest BCUT2D eigenvalue weighted by atomic mass is 9.68. The monoisotopic (exact) mass is 301 g/mol. The quantitative estimate of drug-likeness (QED) is 0.803. The fourth-order valence-electron chi connectivity index (χ4n) is 4.79. The highest BCUT2D eigenvalue weighted by molar-refractivity contribution is 7.22. The highest BCUT2D eigenvalue weighted by Crippen LogP contribution is 2.63. The average molecular weight is 301 g/mol. The zero-order chi connectivity index (χ0) is 14.8. The first-order valence-electron chi connectivity index (χ1n) is 7.81. The summed E-state index contributed by atoms with van der Waals surface area (Å²) in [6.07, 6.45) is 4.09. The van der Waals surface area contributed by atoms with E-state index < -0.39 is 0 Å². The van der Waals surface area contributed by atoms with Crippen molar-refractivity contribution in [3.05, 3.63) is 18.2 Å². The maximum Gasteiger partial charge on any atom is 0.184 e. The summed E-state index contributed by atoms with van der Waals surface area (Å²) in [7, 11) is 0. The Morgan fingerprint density at radius 3 is 2.86 bits per heavy atom. The maximum atomic E-state index is 5.87. The molecule has 0 saturated heterocycles. The van der Waals surface area contributed by atoms with Gasteiger partial charge < -0.3 is 11.1 Å². The van der Waals surface area contributed by atoms with E-state index in [9.17, 15) is 0 Å². The summed E-state index contributed by atoms with van der Waals surface area (Å²) in [5.41, 5.74) is 8.50. The zero-order valence-electron chi connectivity index (χ0n) is 12.9. The third-order valence-electron chi connectivity index (χ3n) is 5.95. The maximum absolute atomic E-state index is 5.87. The molecular formula is C17H23N3S. The molecule has 0 amide bonds. The average Bonchev–Trinajstić information content (AvgIpc) is 3.03. The number of rotatable bonds is 2. The third kappa shape index (κ3) is 1.88. The van der Waals surface area contributed by atoms with Crippen molar-refractivity contribution in [2.75, 3.05) is 11.1 Å². The molecule has 2 fully saturated rings. The molecule has 2 aliphatic rings. The van der Waals surface area contributed by atoms with Crippen LogP contribution in [0.3, 0.4) is 0 Å². The van der Waals surface area contributed by atoms with E-state index in [0.29, 0.717) is 16.9 Å². The Bertz CT molecular complexity index is 700. The Morgan fingerprint density at radius 2 is 2.14 bits per heavy atom. The van der Waals surface area contributed by atoms with Crippen LogP contribution in [0.15, 0.2) is 18.2 Å². The number of hydrogen-bond acceptors (Lipinski definition) is 4. The number of nitrogens with two attached hydrogens (primary N) is 1. The van der Waals surface area contributed by atoms with Crippen molar-refractivity contribution >= 4 is 32.4 Å². The highest BCUT2D eigenvalue weighted by atomic mass is 32.1. The molecule has 21 heavy (non-hydrogen) atoms. The van der Waals surface area contributed by atoms with E-state index in [1.54, 1.807) is 11.3 Å². The van der Waals surface area contributed by atoms with Crippen LogP contribution in [-0.2, 0) is 0 Å². The van der Waals surface area contributed by atoms with Gasteiger partial charge in [-0.05, 0) is 54.2 Å². The van der Waals surface area contributed by atoms with Crippen LogP contribution in [0, 0.1) is 16.7 Å². The van der Waals surface area contributed by atoms with Gasteiger partial charge in [-0.1, -0.05) is 32.1 Å².